The predicted octanol–water partition coefficient (Wildman–Crippen LogP) is 4.96. The van der Waals surface area contributed by atoms with Gasteiger partial charge in [-0.05, 0) is 49.7 Å². The van der Waals surface area contributed by atoms with Crippen molar-refractivity contribution in [2.75, 3.05) is 17.7 Å². The van der Waals surface area contributed by atoms with E-state index in [1.807, 2.05) is 44.2 Å². The Morgan fingerprint density at radius 2 is 1.96 bits per heavy atom. The number of para-hydroxylation sites is 2. The van der Waals surface area contributed by atoms with E-state index < -0.39 is 0 Å². The van der Waals surface area contributed by atoms with E-state index in [1.54, 1.807) is 12.1 Å². The molecule has 0 saturated carbocycles. The summed E-state index contributed by atoms with van der Waals surface area (Å²) in [4.78, 5) is 8.33. The van der Waals surface area contributed by atoms with Crippen LogP contribution < -0.4 is 20.5 Å². The highest BCUT2D eigenvalue weighted by molar-refractivity contribution is 6.31. The van der Waals surface area contributed by atoms with Gasteiger partial charge in [-0.25, -0.2) is 4.98 Å². The summed E-state index contributed by atoms with van der Waals surface area (Å²) in [6, 6.07) is 12.9. The number of nitrogen functional groups attached to an aromatic ring is 1. The summed E-state index contributed by atoms with van der Waals surface area (Å²) < 4.78 is 11.4. The molecule has 0 bridgehead atoms. The molecule has 26 heavy (non-hydrogen) atoms. The van der Waals surface area contributed by atoms with E-state index in [0.29, 0.717) is 34.6 Å². The summed E-state index contributed by atoms with van der Waals surface area (Å²) in [7, 11) is 0. The van der Waals surface area contributed by atoms with Crippen molar-refractivity contribution in [3.05, 3.63) is 59.4 Å². The number of hydrogen-bond acceptors (Lipinski definition) is 6. The van der Waals surface area contributed by atoms with Crippen molar-refractivity contribution >= 4 is 28.8 Å². The number of nitrogens with one attached hydrogen (secondary N) is 1. The lowest BCUT2D eigenvalue weighted by Gasteiger charge is -2.14. The zero-order chi connectivity index (χ0) is 18.5. The second-order valence-corrected chi connectivity index (χ2v) is 5.92. The number of rotatable bonds is 6. The molecule has 134 valence electrons. The smallest absolute Gasteiger partial charge is 0.248 e. The minimum Gasteiger partial charge on any atom is -0.492 e. The summed E-state index contributed by atoms with van der Waals surface area (Å²) in [5.74, 6) is 2.01. The van der Waals surface area contributed by atoms with Gasteiger partial charge >= 0.3 is 0 Å². The van der Waals surface area contributed by atoms with Gasteiger partial charge in [0.2, 0.25) is 5.88 Å². The van der Waals surface area contributed by atoms with Crippen molar-refractivity contribution in [1.29, 1.82) is 0 Å². The molecule has 0 radical (unpaired) electrons. The second kappa shape index (κ2) is 7.93. The van der Waals surface area contributed by atoms with Gasteiger partial charge in [0.15, 0.2) is 5.82 Å². The molecular weight excluding hydrogens is 352 g/mol. The molecule has 0 aliphatic heterocycles. The van der Waals surface area contributed by atoms with Gasteiger partial charge in [0.1, 0.15) is 23.5 Å². The molecule has 1 aromatic heterocycles. The molecule has 2 aromatic carbocycles. The number of aryl methyl sites for hydroxylation is 1. The van der Waals surface area contributed by atoms with Gasteiger partial charge in [-0.15, -0.1) is 0 Å². The monoisotopic (exact) mass is 370 g/mol. The fraction of sp³-hybridized carbons (Fsp3) is 0.158. The Labute approximate surface area is 156 Å². The highest BCUT2D eigenvalue weighted by atomic mass is 35.5. The molecule has 0 fully saturated rings. The minimum absolute atomic E-state index is 0.262. The van der Waals surface area contributed by atoms with Gasteiger partial charge in [0, 0.05) is 5.02 Å². The second-order valence-electron chi connectivity index (χ2n) is 5.51. The lowest BCUT2D eigenvalue weighted by atomic mass is 10.2. The SMILES string of the molecule is CCOc1ccccc1Nc1ncnc(Oc2ccc(Cl)c(C)c2)c1N. The minimum atomic E-state index is 0.262. The standard InChI is InChI=1S/C19H19ClN4O2/c1-3-25-16-7-5-4-6-15(16)24-18-17(21)19(23-11-22-18)26-13-8-9-14(20)12(2)10-13/h4-11H,3,21H2,1-2H3,(H,22,23,24). The molecule has 0 saturated heterocycles. The fourth-order valence-corrected chi connectivity index (χ4v) is 2.45. The average molecular weight is 371 g/mol. The first-order valence-corrected chi connectivity index (χ1v) is 8.49. The lowest BCUT2D eigenvalue weighted by Crippen LogP contribution is -2.04. The van der Waals surface area contributed by atoms with Crippen LogP contribution in [0.5, 0.6) is 17.4 Å². The predicted molar refractivity (Wildman–Crippen MR) is 104 cm³/mol. The third kappa shape index (κ3) is 3.97. The fourth-order valence-electron chi connectivity index (χ4n) is 2.33. The zero-order valence-electron chi connectivity index (χ0n) is 14.5. The van der Waals surface area contributed by atoms with Crippen molar-refractivity contribution in [1.82, 2.24) is 9.97 Å². The largest absolute Gasteiger partial charge is 0.492 e. The van der Waals surface area contributed by atoms with Crippen LogP contribution in [0.25, 0.3) is 0 Å². The van der Waals surface area contributed by atoms with Crippen molar-refractivity contribution < 1.29 is 9.47 Å². The molecule has 3 rings (SSSR count). The Hall–Kier alpha value is -2.99. The first-order chi connectivity index (χ1) is 12.6. The summed E-state index contributed by atoms with van der Waals surface area (Å²) >= 11 is 6.04. The molecule has 0 spiro atoms. The molecular formula is C19H19ClN4O2. The van der Waals surface area contributed by atoms with E-state index in [0.717, 1.165) is 11.3 Å². The number of benzene rings is 2. The van der Waals surface area contributed by atoms with Crippen LogP contribution in [0.1, 0.15) is 12.5 Å². The van der Waals surface area contributed by atoms with Gasteiger partial charge in [0.25, 0.3) is 0 Å². The van der Waals surface area contributed by atoms with Crippen LogP contribution in [0.3, 0.4) is 0 Å². The van der Waals surface area contributed by atoms with E-state index >= 15 is 0 Å². The van der Waals surface area contributed by atoms with Crippen molar-refractivity contribution in [3.63, 3.8) is 0 Å². The van der Waals surface area contributed by atoms with Crippen molar-refractivity contribution in [2.24, 2.45) is 0 Å². The van der Waals surface area contributed by atoms with E-state index in [9.17, 15) is 0 Å². The summed E-state index contributed by atoms with van der Waals surface area (Å²) in [6.07, 6.45) is 1.39. The summed E-state index contributed by atoms with van der Waals surface area (Å²) in [5, 5.41) is 3.84. The maximum absolute atomic E-state index is 6.19. The Morgan fingerprint density at radius 3 is 2.73 bits per heavy atom. The van der Waals surface area contributed by atoms with Crippen LogP contribution >= 0.6 is 11.6 Å². The number of nitrogens with two attached hydrogens (primary N) is 1. The van der Waals surface area contributed by atoms with Gasteiger partial charge in [-0.1, -0.05) is 23.7 Å². The molecule has 0 aliphatic rings. The highest BCUT2D eigenvalue weighted by Crippen LogP contribution is 2.34. The third-order valence-corrected chi connectivity index (χ3v) is 4.06. The topological polar surface area (TPSA) is 82.3 Å². The lowest BCUT2D eigenvalue weighted by molar-refractivity contribution is 0.342. The average Bonchev–Trinajstić information content (AvgIpc) is 2.63. The molecule has 1 heterocycles. The number of halogens is 1. The molecule has 3 aromatic rings. The molecule has 0 aliphatic carbocycles. The quantitative estimate of drug-likeness (QED) is 0.638. The molecule has 7 heteroatoms. The van der Waals surface area contributed by atoms with Gasteiger partial charge in [0.05, 0.1) is 12.3 Å². The summed E-state index contributed by atoms with van der Waals surface area (Å²) in [5.41, 5.74) is 8.15. The van der Waals surface area contributed by atoms with E-state index in [-0.39, 0.29) is 5.88 Å². The van der Waals surface area contributed by atoms with Crippen LogP contribution in [-0.4, -0.2) is 16.6 Å². The summed E-state index contributed by atoms with van der Waals surface area (Å²) in [6.45, 7) is 4.38. The van der Waals surface area contributed by atoms with E-state index in [1.165, 1.54) is 6.33 Å². The van der Waals surface area contributed by atoms with E-state index in [2.05, 4.69) is 15.3 Å². The number of ether oxygens (including phenoxy) is 2. The van der Waals surface area contributed by atoms with Crippen molar-refractivity contribution in [3.8, 4) is 17.4 Å². The number of anilines is 3. The van der Waals surface area contributed by atoms with Crippen LogP contribution in [0.4, 0.5) is 17.2 Å². The van der Waals surface area contributed by atoms with Crippen LogP contribution in [0.2, 0.25) is 5.02 Å². The molecule has 6 nitrogen and oxygen atoms in total. The zero-order valence-corrected chi connectivity index (χ0v) is 15.2. The Bertz CT molecular complexity index is 918. The van der Waals surface area contributed by atoms with Crippen LogP contribution in [-0.2, 0) is 0 Å². The Morgan fingerprint density at radius 1 is 1.15 bits per heavy atom. The maximum Gasteiger partial charge on any atom is 0.248 e. The first kappa shape index (κ1) is 17.8. The Kier molecular flexibility index (Phi) is 5.43. The van der Waals surface area contributed by atoms with Crippen molar-refractivity contribution in [2.45, 2.75) is 13.8 Å². The normalized spacial score (nSPS) is 10.4. The molecule has 0 amide bonds. The van der Waals surface area contributed by atoms with Crippen LogP contribution in [0.15, 0.2) is 48.8 Å². The number of hydrogen-bond donors (Lipinski definition) is 2. The maximum atomic E-state index is 6.19. The van der Waals surface area contributed by atoms with Crippen LogP contribution in [0, 0.1) is 6.92 Å². The van der Waals surface area contributed by atoms with Gasteiger partial charge < -0.3 is 20.5 Å². The van der Waals surface area contributed by atoms with Gasteiger partial charge in [-0.3, -0.25) is 0 Å². The van der Waals surface area contributed by atoms with Gasteiger partial charge in [-0.2, -0.15) is 4.98 Å². The Balaban J connectivity index is 1.86. The van der Waals surface area contributed by atoms with E-state index in [4.69, 9.17) is 26.8 Å². The number of aromatic nitrogens is 2. The molecule has 0 unspecified atom stereocenters. The molecule has 0 atom stereocenters. The highest BCUT2D eigenvalue weighted by Gasteiger charge is 2.13. The third-order valence-electron chi connectivity index (χ3n) is 3.63. The number of nitrogens with zero attached hydrogens (tertiary/aromatic N) is 2. The molecule has 3 N–H and O–H groups in total. The first-order valence-electron chi connectivity index (χ1n) is 8.11.